The molecule has 0 saturated carbocycles. The Morgan fingerprint density at radius 3 is 2.71 bits per heavy atom. The Morgan fingerprint density at radius 1 is 1.21 bits per heavy atom. The molecule has 1 atom stereocenters. The van der Waals surface area contributed by atoms with Gasteiger partial charge in [0.1, 0.15) is 10.7 Å². The molecule has 2 aromatic heterocycles. The molecule has 1 aromatic carbocycles. The molecule has 28 heavy (non-hydrogen) atoms. The summed E-state index contributed by atoms with van der Waals surface area (Å²) in [6.45, 7) is 2.85. The average Bonchev–Trinajstić information content (AvgIpc) is 3.37. The third-order valence-electron chi connectivity index (χ3n) is 4.73. The molecule has 0 aliphatic carbocycles. The number of hydrogen-bond donors (Lipinski definition) is 1. The summed E-state index contributed by atoms with van der Waals surface area (Å²) in [6.07, 6.45) is 2.66. The van der Waals surface area contributed by atoms with Crippen LogP contribution >= 0.6 is 11.3 Å². The number of rotatable bonds is 3. The number of para-hydroxylation sites is 1. The van der Waals surface area contributed by atoms with Crippen molar-refractivity contribution in [3.05, 3.63) is 53.8 Å². The highest BCUT2D eigenvalue weighted by Crippen LogP contribution is 2.25. The highest BCUT2D eigenvalue weighted by atomic mass is 32.1. The molecule has 2 amide bonds. The van der Waals surface area contributed by atoms with Crippen molar-refractivity contribution < 1.29 is 14.7 Å². The minimum absolute atomic E-state index is 0.171. The number of nitrogens with zero attached hydrogens (tertiary/aromatic N) is 5. The predicted octanol–water partition coefficient (Wildman–Crippen LogP) is 2.82. The lowest BCUT2D eigenvalue weighted by atomic mass is 10.2. The molecule has 1 unspecified atom stereocenters. The zero-order valence-electron chi connectivity index (χ0n) is 15.2. The summed E-state index contributed by atoms with van der Waals surface area (Å²) in [5.41, 5.74) is 2.17. The fraction of sp³-hybridized carbons (Fsp3) is 0.263. The van der Waals surface area contributed by atoms with Crippen molar-refractivity contribution in [2.24, 2.45) is 0 Å². The van der Waals surface area contributed by atoms with E-state index in [-0.39, 0.29) is 11.9 Å². The quantitative estimate of drug-likeness (QED) is 0.734. The number of hydrogen-bond acceptors (Lipinski definition) is 5. The topological polar surface area (TPSA) is 91.6 Å². The second-order valence-corrected chi connectivity index (χ2v) is 7.48. The molecule has 3 aromatic rings. The molecule has 9 heteroatoms. The summed E-state index contributed by atoms with van der Waals surface area (Å²) < 4.78 is 1.77. The van der Waals surface area contributed by atoms with Crippen molar-refractivity contribution in [1.82, 2.24) is 24.6 Å². The van der Waals surface area contributed by atoms with Crippen LogP contribution in [0.25, 0.3) is 16.3 Å². The Balaban J connectivity index is 1.48. The molecule has 1 N–H and O–H groups in total. The van der Waals surface area contributed by atoms with Crippen molar-refractivity contribution in [2.75, 3.05) is 19.6 Å². The summed E-state index contributed by atoms with van der Waals surface area (Å²) in [6, 6.07) is 9.53. The van der Waals surface area contributed by atoms with E-state index in [4.69, 9.17) is 5.11 Å². The maximum absolute atomic E-state index is 12.8. The van der Waals surface area contributed by atoms with E-state index in [1.807, 2.05) is 36.5 Å². The monoisotopic (exact) mass is 397 g/mol. The molecule has 3 heterocycles. The van der Waals surface area contributed by atoms with Gasteiger partial charge >= 0.3 is 6.09 Å². The van der Waals surface area contributed by atoms with E-state index in [1.54, 1.807) is 28.1 Å². The number of thiazole rings is 1. The molecule has 1 aliphatic heterocycles. The first-order chi connectivity index (χ1) is 13.5. The lowest BCUT2D eigenvalue weighted by molar-refractivity contribution is 0.0503. The van der Waals surface area contributed by atoms with Crippen molar-refractivity contribution in [1.29, 1.82) is 0 Å². The normalized spacial score (nSPS) is 17.0. The molecular weight excluding hydrogens is 378 g/mol. The third-order valence-corrected chi connectivity index (χ3v) is 5.63. The second kappa shape index (κ2) is 7.43. The molecular formula is C19H19N5O3S. The van der Waals surface area contributed by atoms with Gasteiger partial charge in [-0.25, -0.2) is 14.5 Å². The zero-order valence-corrected chi connectivity index (χ0v) is 16.0. The molecule has 0 radical (unpaired) electrons. The van der Waals surface area contributed by atoms with E-state index in [1.165, 1.54) is 16.2 Å². The first-order valence-corrected chi connectivity index (χ1v) is 9.75. The van der Waals surface area contributed by atoms with Gasteiger partial charge in [0.25, 0.3) is 5.91 Å². The van der Waals surface area contributed by atoms with E-state index in [0.717, 1.165) is 16.3 Å². The summed E-state index contributed by atoms with van der Waals surface area (Å²) in [4.78, 5) is 31.5. The van der Waals surface area contributed by atoms with Crippen LogP contribution in [-0.2, 0) is 0 Å². The predicted molar refractivity (Wildman–Crippen MR) is 105 cm³/mol. The van der Waals surface area contributed by atoms with Crippen LogP contribution in [0.15, 0.2) is 48.1 Å². The van der Waals surface area contributed by atoms with E-state index in [9.17, 15) is 9.59 Å². The SMILES string of the molecule is CC1CN(C(=O)c2csc(-c3cnn(-c4ccccc4)c3)n2)CCN1C(=O)O. The lowest BCUT2D eigenvalue weighted by Gasteiger charge is -2.37. The number of carboxylic acid groups (broad SMARTS) is 1. The van der Waals surface area contributed by atoms with Gasteiger partial charge in [-0.05, 0) is 19.1 Å². The van der Waals surface area contributed by atoms with Crippen LogP contribution in [-0.4, -0.2) is 67.3 Å². The molecule has 1 saturated heterocycles. The summed E-state index contributed by atoms with van der Waals surface area (Å²) in [5.74, 6) is -0.171. The van der Waals surface area contributed by atoms with Crippen molar-refractivity contribution in [3.63, 3.8) is 0 Å². The highest BCUT2D eigenvalue weighted by Gasteiger charge is 2.30. The van der Waals surface area contributed by atoms with Gasteiger partial charge in [-0.15, -0.1) is 11.3 Å². The molecule has 1 fully saturated rings. The standard InChI is InChI=1S/C19H19N5O3S/c1-13-10-22(7-8-23(13)19(26)27)18(25)16-12-28-17(21-16)14-9-20-24(11-14)15-5-3-2-4-6-15/h2-6,9,11-13H,7-8,10H2,1H3,(H,26,27). The largest absolute Gasteiger partial charge is 0.465 e. The third kappa shape index (κ3) is 3.48. The van der Waals surface area contributed by atoms with Gasteiger partial charge in [0.2, 0.25) is 0 Å². The molecule has 4 rings (SSSR count). The fourth-order valence-corrected chi connectivity index (χ4v) is 4.02. The number of benzene rings is 1. The van der Waals surface area contributed by atoms with Gasteiger partial charge in [0.05, 0.1) is 11.9 Å². The summed E-state index contributed by atoms with van der Waals surface area (Å²) in [5, 5.41) is 16.0. The number of carbonyl (C=O) groups is 2. The van der Waals surface area contributed by atoms with E-state index < -0.39 is 6.09 Å². The Morgan fingerprint density at radius 2 is 2.00 bits per heavy atom. The Hall–Kier alpha value is -3.20. The van der Waals surface area contributed by atoms with Gasteiger partial charge < -0.3 is 14.9 Å². The number of aromatic nitrogens is 3. The Kier molecular flexibility index (Phi) is 4.82. The van der Waals surface area contributed by atoms with Crippen LogP contribution in [0, 0.1) is 0 Å². The minimum Gasteiger partial charge on any atom is -0.465 e. The molecule has 0 bridgehead atoms. The zero-order chi connectivity index (χ0) is 19.7. The van der Waals surface area contributed by atoms with Gasteiger partial charge in [0.15, 0.2) is 0 Å². The first kappa shape index (κ1) is 18.2. The number of carbonyl (C=O) groups excluding carboxylic acids is 1. The van der Waals surface area contributed by atoms with E-state index >= 15 is 0 Å². The first-order valence-electron chi connectivity index (χ1n) is 8.88. The van der Waals surface area contributed by atoms with Crippen molar-refractivity contribution >= 4 is 23.3 Å². The number of amides is 2. The van der Waals surface area contributed by atoms with Crippen molar-refractivity contribution in [2.45, 2.75) is 13.0 Å². The van der Waals surface area contributed by atoms with Gasteiger partial charge in [0, 0.05) is 42.8 Å². The Bertz CT molecular complexity index is 1000. The van der Waals surface area contributed by atoms with Crippen LogP contribution in [0.5, 0.6) is 0 Å². The van der Waals surface area contributed by atoms with Crippen LogP contribution in [0.4, 0.5) is 4.79 Å². The molecule has 144 valence electrons. The summed E-state index contributed by atoms with van der Waals surface area (Å²) >= 11 is 1.39. The van der Waals surface area contributed by atoms with E-state index in [0.29, 0.717) is 25.3 Å². The smallest absolute Gasteiger partial charge is 0.407 e. The fourth-order valence-electron chi connectivity index (χ4n) is 3.25. The van der Waals surface area contributed by atoms with Gasteiger partial charge in [-0.2, -0.15) is 5.10 Å². The molecule has 8 nitrogen and oxygen atoms in total. The minimum atomic E-state index is -0.953. The van der Waals surface area contributed by atoms with Crippen LogP contribution < -0.4 is 0 Å². The maximum atomic E-state index is 12.8. The molecule has 0 spiro atoms. The molecule has 1 aliphatic rings. The maximum Gasteiger partial charge on any atom is 0.407 e. The average molecular weight is 397 g/mol. The van der Waals surface area contributed by atoms with Crippen LogP contribution in [0.1, 0.15) is 17.4 Å². The van der Waals surface area contributed by atoms with Crippen LogP contribution in [0.2, 0.25) is 0 Å². The van der Waals surface area contributed by atoms with E-state index in [2.05, 4.69) is 10.1 Å². The van der Waals surface area contributed by atoms with Crippen LogP contribution in [0.3, 0.4) is 0 Å². The summed E-state index contributed by atoms with van der Waals surface area (Å²) in [7, 11) is 0. The number of piperazine rings is 1. The van der Waals surface area contributed by atoms with Gasteiger partial charge in [-0.3, -0.25) is 4.79 Å². The lowest BCUT2D eigenvalue weighted by Crippen LogP contribution is -2.55. The van der Waals surface area contributed by atoms with Crippen molar-refractivity contribution in [3.8, 4) is 16.3 Å². The Labute approximate surface area is 165 Å². The highest BCUT2D eigenvalue weighted by molar-refractivity contribution is 7.13. The second-order valence-electron chi connectivity index (χ2n) is 6.62. The van der Waals surface area contributed by atoms with Gasteiger partial charge in [-0.1, -0.05) is 18.2 Å².